The summed E-state index contributed by atoms with van der Waals surface area (Å²) < 4.78 is 3.45. The number of hydrogen-bond donors (Lipinski definition) is 2. The van der Waals surface area contributed by atoms with Crippen LogP contribution in [0.5, 0.6) is 0 Å². The van der Waals surface area contributed by atoms with E-state index in [-0.39, 0.29) is 11.5 Å². The number of nitrogens with zero attached hydrogens (tertiary/aromatic N) is 6. The molecular formula is C23H24N8O2S. The first-order valence-electron chi connectivity index (χ1n) is 11.1. The van der Waals surface area contributed by atoms with Crippen LogP contribution < -0.4 is 10.9 Å². The maximum absolute atomic E-state index is 13.0. The van der Waals surface area contributed by atoms with Gasteiger partial charge in [0.15, 0.2) is 0 Å². The van der Waals surface area contributed by atoms with Crippen molar-refractivity contribution in [3.05, 3.63) is 46.8 Å². The molecule has 0 aromatic carbocycles. The Morgan fingerprint density at radius 3 is 2.79 bits per heavy atom. The molecule has 0 aliphatic carbocycles. The predicted octanol–water partition coefficient (Wildman–Crippen LogP) is 2.26. The number of H-pyrrole nitrogens is 1. The van der Waals surface area contributed by atoms with Crippen molar-refractivity contribution in [3.63, 3.8) is 0 Å². The first kappa shape index (κ1) is 21.0. The second kappa shape index (κ2) is 7.47. The monoisotopic (exact) mass is 476 g/mol. The molecule has 0 radical (unpaired) electrons. The normalized spacial score (nSPS) is 15.9. The minimum Gasteiger partial charge on any atom is -0.351 e. The second-order valence-corrected chi connectivity index (χ2v) is 10.7. The highest BCUT2D eigenvalue weighted by Gasteiger charge is 2.33. The minimum absolute atomic E-state index is 0.206. The molecule has 0 atom stereocenters. The van der Waals surface area contributed by atoms with E-state index in [0.29, 0.717) is 39.5 Å². The van der Waals surface area contributed by atoms with Gasteiger partial charge in [-0.3, -0.25) is 19.3 Å². The van der Waals surface area contributed by atoms with Gasteiger partial charge >= 0.3 is 0 Å². The minimum atomic E-state index is -0.253. The van der Waals surface area contributed by atoms with Crippen molar-refractivity contribution in [3.8, 4) is 10.4 Å². The fraction of sp³-hybridized carbons (Fsp3) is 0.348. The van der Waals surface area contributed by atoms with Gasteiger partial charge in [0.1, 0.15) is 21.3 Å². The molecule has 11 heteroatoms. The summed E-state index contributed by atoms with van der Waals surface area (Å²) in [5.74, 6) is -0.206. The highest BCUT2D eigenvalue weighted by atomic mass is 32.1. The van der Waals surface area contributed by atoms with Crippen molar-refractivity contribution in [2.45, 2.75) is 13.8 Å². The van der Waals surface area contributed by atoms with Crippen LogP contribution in [-0.4, -0.2) is 66.3 Å². The lowest BCUT2D eigenvalue weighted by Gasteiger charge is -2.45. The Kier molecular flexibility index (Phi) is 4.61. The first-order valence-corrected chi connectivity index (χ1v) is 11.9. The van der Waals surface area contributed by atoms with E-state index >= 15 is 0 Å². The zero-order chi connectivity index (χ0) is 23.6. The highest BCUT2D eigenvalue weighted by Crippen LogP contribution is 2.33. The van der Waals surface area contributed by atoms with Crippen LogP contribution in [0.3, 0.4) is 0 Å². The van der Waals surface area contributed by atoms with Gasteiger partial charge < -0.3 is 15.2 Å². The van der Waals surface area contributed by atoms with E-state index in [0.717, 1.165) is 34.9 Å². The standard InChI is InChI=1S/C23H24N8O2S/c1-23(2)11-30(12-23)5-4-24-20(32)13-6-15-18(25-7-13)19-17(21(33)27-15)22-31(28-19)10-16(34-22)14-8-26-29(3)9-14/h6-10H,4-5,11-12H2,1-3H3,(H,24,32)(H,27,33). The lowest BCUT2D eigenvalue weighted by atomic mass is 9.84. The number of likely N-dealkylation sites (tertiary alicyclic amines) is 1. The molecule has 34 heavy (non-hydrogen) atoms. The molecule has 1 fully saturated rings. The molecule has 1 aliphatic rings. The quantitative estimate of drug-likeness (QED) is 0.402. The average molecular weight is 477 g/mol. The summed E-state index contributed by atoms with van der Waals surface area (Å²) in [5, 5.41) is 12.3. The predicted molar refractivity (Wildman–Crippen MR) is 131 cm³/mol. The third-order valence-electron chi connectivity index (χ3n) is 6.17. The lowest BCUT2D eigenvalue weighted by Crippen LogP contribution is -2.54. The van der Waals surface area contributed by atoms with Crippen molar-refractivity contribution < 1.29 is 4.79 Å². The Bertz CT molecular complexity index is 1630. The van der Waals surface area contributed by atoms with Gasteiger partial charge in [0.2, 0.25) is 0 Å². The number of nitrogens with one attached hydrogen (secondary N) is 2. The summed E-state index contributed by atoms with van der Waals surface area (Å²) in [4.78, 5) is 37.0. The number of aryl methyl sites for hydroxylation is 1. The molecule has 0 saturated carbocycles. The fourth-order valence-electron chi connectivity index (χ4n) is 4.71. The molecular weight excluding hydrogens is 452 g/mol. The van der Waals surface area contributed by atoms with Gasteiger partial charge in [-0.25, -0.2) is 4.52 Å². The smallest absolute Gasteiger partial charge is 0.261 e. The molecule has 0 spiro atoms. The van der Waals surface area contributed by atoms with Crippen LogP contribution in [0.15, 0.2) is 35.6 Å². The van der Waals surface area contributed by atoms with Crippen molar-refractivity contribution in [2.75, 3.05) is 26.2 Å². The molecule has 0 unspecified atom stereocenters. The summed E-state index contributed by atoms with van der Waals surface area (Å²) >= 11 is 1.48. The summed E-state index contributed by atoms with van der Waals surface area (Å²) in [6.07, 6.45) is 7.14. The summed E-state index contributed by atoms with van der Waals surface area (Å²) in [6, 6.07) is 1.67. The van der Waals surface area contributed by atoms with E-state index in [2.05, 4.69) is 44.2 Å². The summed E-state index contributed by atoms with van der Waals surface area (Å²) in [5.41, 5.74) is 3.07. The fourth-order valence-corrected chi connectivity index (χ4v) is 5.77. The topological polar surface area (TPSA) is 113 Å². The van der Waals surface area contributed by atoms with Gasteiger partial charge in [0, 0.05) is 57.4 Å². The van der Waals surface area contributed by atoms with Crippen LogP contribution in [0.2, 0.25) is 0 Å². The number of rotatable bonds is 5. The van der Waals surface area contributed by atoms with Gasteiger partial charge in [-0.15, -0.1) is 11.3 Å². The number of carbonyl (C=O) groups is 1. The van der Waals surface area contributed by atoms with E-state index in [1.54, 1.807) is 21.5 Å². The number of thiazole rings is 1. The molecule has 1 amide bonds. The van der Waals surface area contributed by atoms with Crippen LogP contribution in [0.4, 0.5) is 0 Å². The Morgan fingerprint density at radius 2 is 2.06 bits per heavy atom. The van der Waals surface area contributed by atoms with Crippen molar-refractivity contribution in [2.24, 2.45) is 12.5 Å². The molecule has 5 aromatic rings. The lowest BCUT2D eigenvalue weighted by molar-refractivity contribution is 0.0323. The molecule has 0 bridgehead atoms. The third-order valence-corrected chi connectivity index (χ3v) is 7.31. The van der Waals surface area contributed by atoms with Gasteiger partial charge in [0.05, 0.1) is 22.2 Å². The third kappa shape index (κ3) is 3.48. The van der Waals surface area contributed by atoms with E-state index in [9.17, 15) is 9.59 Å². The number of amides is 1. The van der Waals surface area contributed by atoms with E-state index in [1.807, 2.05) is 19.4 Å². The SMILES string of the molecule is Cn1cc(-c2cn3nc4c5ncc(C(=O)NCCN6CC(C)(C)C6)cc5[nH]c(=O)c4c3s2)cn1. The number of carbonyl (C=O) groups excluding carboxylic acids is 1. The van der Waals surface area contributed by atoms with Gasteiger partial charge in [-0.05, 0) is 11.5 Å². The van der Waals surface area contributed by atoms with E-state index < -0.39 is 0 Å². The molecule has 6 heterocycles. The van der Waals surface area contributed by atoms with E-state index in [1.165, 1.54) is 17.5 Å². The molecule has 5 aromatic heterocycles. The number of aromatic amines is 1. The Balaban J connectivity index is 1.28. The van der Waals surface area contributed by atoms with Crippen LogP contribution in [0.25, 0.3) is 37.2 Å². The maximum atomic E-state index is 13.0. The number of fused-ring (bicyclic) bond motifs is 5. The van der Waals surface area contributed by atoms with Gasteiger partial charge in [0.25, 0.3) is 11.5 Å². The Labute approximate surface area is 198 Å². The first-order chi connectivity index (χ1) is 16.3. The summed E-state index contributed by atoms with van der Waals surface area (Å²) in [7, 11) is 1.86. The average Bonchev–Trinajstić information content (AvgIpc) is 3.46. The van der Waals surface area contributed by atoms with E-state index in [4.69, 9.17) is 0 Å². The van der Waals surface area contributed by atoms with Crippen LogP contribution in [-0.2, 0) is 7.05 Å². The van der Waals surface area contributed by atoms with Crippen molar-refractivity contribution in [1.82, 2.24) is 39.6 Å². The molecule has 1 aliphatic heterocycles. The van der Waals surface area contributed by atoms with Crippen LogP contribution in [0, 0.1) is 5.41 Å². The zero-order valence-electron chi connectivity index (χ0n) is 19.1. The van der Waals surface area contributed by atoms with Crippen LogP contribution in [0.1, 0.15) is 24.2 Å². The second-order valence-electron chi connectivity index (χ2n) is 9.68. The molecule has 2 N–H and O–H groups in total. The van der Waals surface area contributed by atoms with Crippen molar-refractivity contribution in [1.29, 1.82) is 0 Å². The maximum Gasteiger partial charge on any atom is 0.261 e. The summed E-state index contributed by atoms with van der Waals surface area (Å²) in [6.45, 7) is 7.96. The number of hydrogen-bond acceptors (Lipinski definition) is 7. The van der Waals surface area contributed by atoms with Crippen molar-refractivity contribution >= 4 is 44.0 Å². The van der Waals surface area contributed by atoms with Gasteiger partial charge in [-0.1, -0.05) is 13.8 Å². The molecule has 1 saturated heterocycles. The number of pyridine rings is 2. The molecule has 174 valence electrons. The Hall–Kier alpha value is -3.57. The van der Waals surface area contributed by atoms with Gasteiger partial charge in [-0.2, -0.15) is 10.2 Å². The largest absolute Gasteiger partial charge is 0.351 e. The Morgan fingerprint density at radius 1 is 1.24 bits per heavy atom. The highest BCUT2D eigenvalue weighted by molar-refractivity contribution is 7.21. The molecule has 10 nitrogen and oxygen atoms in total. The van der Waals surface area contributed by atoms with Crippen LogP contribution >= 0.6 is 11.3 Å². The number of aromatic nitrogens is 6. The zero-order valence-corrected chi connectivity index (χ0v) is 19.9. The molecule has 6 rings (SSSR count).